The first kappa shape index (κ1) is 14.6. The molecule has 2 N–H and O–H groups in total. The zero-order valence-electron chi connectivity index (χ0n) is 11.6. The summed E-state index contributed by atoms with van der Waals surface area (Å²) in [6.45, 7) is 0.622. The molecule has 1 amide bonds. The number of nitrogens with one attached hydrogen (secondary N) is 2. The van der Waals surface area contributed by atoms with Crippen molar-refractivity contribution in [2.45, 2.75) is 25.4 Å². The maximum atomic E-state index is 12.5. The average Bonchev–Trinajstić information content (AvgIpc) is 2.78. The molecule has 0 saturated carbocycles. The van der Waals surface area contributed by atoms with Crippen LogP contribution in [0.25, 0.3) is 0 Å². The number of hydrogen-bond donors (Lipinski definition) is 2. The second kappa shape index (κ2) is 5.47. The number of benzene rings is 1. The number of aromatic amines is 1. The van der Waals surface area contributed by atoms with Crippen LogP contribution < -0.4 is 5.32 Å². The van der Waals surface area contributed by atoms with Gasteiger partial charge in [0.2, 0.25) is 0 Å². The molecule has 116 valence electrons. The van der Waals surface area contributed by atoms with Crippen molar-refractivity contribution >= 4 is 5.91 Å². The van der Waals surface area contributed by atoms with Gasteiger partial charge in [0.25, 0.3) is 5.91 Å². The van der Waals surface area contributed by atoms with E-state index in [4.69, 9.17) is 0 Å². The minimum Gasteiger partial charge on any atom is -0.351 e. The van der Waals surface area contributed by atoms with Gasteiger partial charge in [0.15, 0.2) is 0 Å². The molecule has 0 spiro atoms. The summed E-state index contributed by atoms with van der Waals surface area (Å²) in [4.78, 5) is 19.2. The third-order valence-corrected chi connectivity index (χ3v) is 3.58. The monoisotopic (exact) mass is 309 g/mol. The topological polar surface area (TPSA) is 57.8 Å². The number of H-pyrrole nitrogens is 1. The number of imidazole rings is 1. The Kier molecular flexibility index (Phi) is 3.64. The average molecular weight is 309 g/mol. The first-order chi connectivity index (χ1) is 10.4. The number of carbonyl (C=O) groups excluding carboxylic acids is 1. The van der Waals surface area contributed by atoms with Gasteiger partial charge in [0.05, 0.1) is 5.56 Å². The summed E-state index contributed by atoms with van der Waals surface area (Å²) < 4.78 is 37.6. The summed E-state index contributed by atoms with van der Waals surface area (Å²) in [5.74, 6) is 0.379. The highest BCUT2D eigenvalue weighted by molar-refractivity contribution is 5.93. The minimum atomic E-state index is -4.33. The number of alkyl halides is 3. The fourth-order valence-corrected chi connectivity index (χ4v) is 2.47. The Morgan fingerprint density at radius 1 is 1.18 bits per heavy atom. The van der Waals surface area contributed by atoms with Gasteiger partial charge in [-0.3, -0.25) is 4.79 Å². The van der Waals surface area contributed by atoms with Gasteiger partial charge in [-0.15, -0.1) is 0 Å². The molecule has 0 unspecified atom stereocenters. The molecule has 1 aliphatic heterocycles. The Morgan fingerprint density at radius 3 is 2.59 bits per heavy atom. The first-order valence-electron chi connectivity index (χ1n) is 6.95. The standard InChI is InChI=1S/C15H14F3N3O/c16-15(17,18)10-5-3-9(4-6-10)8-12-20-11-2-1-7-19-14(22)13(11)21-12/h3-6H,1-2,7-8H2,(H,19,22)(H,20,21). The normalized spacial score (nSPS) is 15.1. The van der Waals surface area contributed by atoms with E-state index < -0.39 is 11.7 Å². The lowest BCUT2D eigenvalue weighted by Crippen LogP contribution is -2.23. The Balaban J connectivity index is 1.79. The molecule has 3 rings (SSSR count). The van der Waals surface area contributed by atoms with Gasteiger partial charge in [-0.25, -0.2) is 4.98 Å². The van der Waals surface area contributed by atoms with Gasteiger partial charge in [0, 0.05) is 18.7 Å². The highest BCUT2D eigenvalue weighted by atomic mass is 19.4. The first-order valence-corrected chi connectivity index (χ1v) is 6.95. The number of nitrogens with zero attached hydrogens (tertiary/aromatic N) is 1. The predicted molar refractivity (Wildman–Crippen MR) is 73.5 cm³/mol. The lowest BCUT2D eigenvalue weighted by molar-refractivity contribution is -0.137. The SMILES string of the molecule is O=C1NCCCc2[nH]c(Cc3ccc(C(F)(F)F)cc3)nc21. The van der Waals surface area contributed by atoms with Crippen molar-refractivity contribution in [2.75, 3.05) is 6.54 Å². The molecule has 22 heavy (non-hydrogen) atoms. The largest absolute Gasteiger partial charge is 0.416 e. The molecule has 0 saturated heterocycles. The van der Waals surface area contributed by atoms with Gasteiger partial charge < -0.3 is 10.3 Å². The zero-order valence-corrected chi connectivity index (χ0v) is 11.6. The summed E-state index contributed by atoms with van der Waals surface area (Å²) in [5.41, 5.74) is 1.21. The number of hydrogen-bond acceptors (Lipinski definition) is 2. The fourth-order valence-electron chi connectivity index (χ4n) is 2.47. The van der Waals surface area contributed by atoms with Crippen LogP contribution in [0.4, 0.5) is 13.2 Å². The molecular weight excluding hydrogens is 295 g/mol. The maximum absolute atomic E-state index is 12.5. The quantitative estimate of drug-likeness (QED) is 0.896. The molecule has 0 fully saturated rings. The van der Waals surface area contributed by atoms with Crippen molar-refractivity contribution < 1.29 is 18.0 Å². The molecular formula is C15H14F3N3O. The van der Waals surface area contributed by atoms with Crippen LogP contribution in [-0.2, 0) is 19.0 Å². The van der Waals surface area contributed by atoms with Gasteiger partial charge in [-0.2, -0.15) is 13.2 Å². The van der Waals surface area contributed by atoms with E-state index in [9.17, 15) is 18.0 Å². The van der Waals surface area contributed by atoms with Crippen molar-refractivity contribution in [2.24, 2.45) is 0 Å². The van der Waals surface area contributed by atoms with Crippen LogP contribution in [0.5, 0.6) is 0 Å². The third kappa shape index (κ3) is 2.98. The molecule has 1 aromatic carbocycles. The number of amides is 1. The molecule has 2 heterocycles. The van der Waals surface area contributed by atoms with Crippen LogP contribution in [0.3, 0.4) is 0 Å². The van der Waals surface area contributed by atoms with Crippen molar-refractivity contribution in [3.8, 4) is 0 Å². The number of halogens is 3. The van der Waals surface area contributed by atoms with Crippen LogP contribution in [0.2, 0.25) is 0 Å². The Morgan fingerprint density at radius 2 is 1.91 bits per heavy atom. The highest BCUT2D eigenvalue weighted by Gasteiger charge is 2.30. The van der Waals surface area contributed by atoms with Gasteiger partial charge in [-0.05, 0) is 30.5 Å². The molecule has 0 bridgehead atoms. The summed E-state index contributed by atoms with van der Waals surface area (Å²) in [6.07, 6.45) is -2.41. The number of aromatic nitrogens is 2. The summed E-state index contributed by atoms with van der Waals surface area (Å²) >= 11 is 0. The summed E-state index contributed by atoms with van der Waals surface area (Å²) in [6, 6.07) is 4.96. The molecule has 1 aliphatic rings. The highest BCUT2D eigenvalue weighted by Crippen LogP contribution is 2.29. The summed E-state index contributed by atoms with van der Waals surface area (Å²) in [7, 11) is 0. The van der Waals surface area contributed by atoms with Gasteiger partial charge in [-0.1, -0.05) is 12.1 Å². The molecule has 7 heteroatoms. The number of aryl methyl sites for hydroxylation is 1. The van der Waals surface area contributed by atoms with E-state index in [1.165, 1.54) is 12.1 Å². The van der Waals surface area contributed by atoms with E-state index >= 15 is 0 Å². The van der Waals surface area contributed by atoms with Crippen LogP contribution >= 0.6 is 0 Å². The van der Waals surface area contributed by atoms with E-state index in [0.29, 0.717) is 30.0 Å². The van der Waals surface area contributed by atoms with Gasteiger partial charge >= 0.3 is 6.18 Å². The van der Waals surface area contributed by atoms with E-state index in [2.05, 4.69) is 15.3 Å². The summed E-state index contributed by atoms with van der Waals surface area (Å²) in [5, 5.41) is 2.76. The minimum absolute atomic E-state index is 0.206. The zero-order chi connectivity index (χ0) is 15.7. The number of rotatable bonds is 2. The predicted octanol–water partition coefficient (Wildman–Crippen LogP) is 2.70. The maximum Gasteiger partial charge on any atom is 0.416 e. The molecule has 0 radical (unpaired) electrons. The second-order valence-corrected chi connectivity index (χ2v) is 5.24. The second-order valence-electron chi connectivity index (χ2n) is 5.24. The van der Waals surface area contributed by atoms with Crippen LogP contribution in [0.1, 0.15) is 39.6 Å². The smallest absolute Gasteiger partial charge is 0.351 e. The molecule has 2 aromatic rings. The van der Waals surface area contributed by atoms with Crippen molar-refractivity contribution in [3.63, 3.8) is 0 Å². The Labute approximate surface area is 124 Å². The molecule has 0 aliphatic carbocycles. The van der Waals surface area contributed by atoms with Gasteiger partial charge in [0.1, 0.15) is 11.5 Å². The molecule has 0 atom stereocenters. The van der Waals surface area contributed by atoms with E-state index in [-0.39, 0.29) is 5.91 Å². The van der Waals surface area contributed by atoms with Crippen LogP contribution in [0, 0.1) is 0 Å². The number of fused-ring (bicyclic) bond motifs is 1. The fraction of sp³-hybridized carbons (Fsp3) is 0.333. The molecule has 1 aromatic heterocycles. The lowest BCUT2D eigenvalue weighted by atomic mass is 10.1. The Bertz CT molecular complexity index is 689. The van der Waals surface area contributed by atoms with E-state index in [1.54, 1.807) is 0 Å². The van der Waals surface area contributed by atoms with E-state index in [1.807, 2.05) is 0 Å². The van der Waals surface area contributed by atoms with Crippen molar-refractivity contribution in [1.29, 1.82) is 0 Å². The molecule has 4 nitrogen and oxygen atoms in total. The third-order valence-electron chi connectivity index (χ3n) is 3.58. The lowest BCUT2D eigenvalue weighted by Gasteiger charge is -2.07. The Hall–Kier alpha value is -2.31. The van der Waals surface area contributed by atoms with E-state index in [0.717, 1.165) is 30.7 Å². The number of carbonyl (C=O) groups is 1. The van der Waals surface area contributed by atoms with Crippen LogP contribution in [-0.4, -0.2) is 22.4 Å². The van der Waals surface area contributed by atoms with Crippen molar-refractivity contribution in [3.05, 3.63) is 52.6 Å². The van der Waals surface area contributed by atoms with Crippen molar-refractivity contribution in [1.82, 2.24) is 15.3 Å². The van der Waals surface area contributed by atoms with Crippen LogP contribution in [0.15, 0.2) is 24.3 Å².